The van der Waals surface area contributed by atoms with Gasteiger partial charge in [-0.05, 0) is 19.9 Å². The van der Waals surface area contributed by atoms with E-state index in [-0.39, 0.29) is 18.0 Å². The first kappa shape index (κ1) is 14.1. The molecule has 5 nitrogen and oxygen atoms in total. The lowest BCUT2D eigenvalue weighted by Crippen LogP contribution is -2.40. The van der Waals surface area contributed by atoms with E-state index < -0.39 is 11.7 Å². The summed E-state index contributed by atoms with van der Waals surface area (Å²) in [6, 6.07) is 1.30. The molecular weight excluding hydrogens is 237 g/mol. The van der Waals surface area contributed by atoms with Gasteiger partial charge in [-0.25, -0.2) is 4.39 Å². The highest BCUT2D eigenvalue weighted by Gasteiger charge is 2.19. The number of aromatic nitrogens is 1. The third-order valence-corrected chi connectivity index (χ3v) is 2.38. The molecule has 1 aromatic heterocycles. The van der Waals surface area contributed by atoms with Gasteiger partial charge in [0.2, 0.25) is 5.91 Å². The molecule has 0 aromatic carbocycles. The average molecular weight is 253 g/mol. The molecule has 98 valence electrons. The maximum absolute atomic E-state index is 13.4. The first-order valence-electron chi connectivity index (χ1n) is 5.75. The van der Waals surface area contributed by atoms with Crippen molar-refractivity contribution in [3.8, 4) is 0 Å². The number of hydrogen-bond donors (Lipinski definition) is 1. The molecular formula is C12H16FN3O2. The topological polar surface area (TPSA) is 62.3 Å². The zero-order valence-corrected chi connectivity index (χ0v) is 10.4. The number of nitrogens with one attached hydrogen (secondary N) is 1. The Morgan fingerprint density at radius 2 is 2.17 bits per heavy atom. The van der Waals surface area contributed by atoms with Gasteiger partial charge in [-0.3, -0.25) is 14.6 Å². The van der Waals surface area contributed by atoms with E-state index in [1.807, 2.05) is 0 Å². The van der Waals surface area contributed by atoms with E-state index in [9.17, 15) is 14.0 Å². The Kier molecular flexibility index (Phi) is 5.23. The zero-order valence-electron chi connectivity index (χ0n) is 10.4. The van der Waals surface area contributed by atoms with Crippen LogP contribution in [0.25, 0.3) is 0 Å². The van der Waals surface area contributed by atoms with Crippen molar-refractivity contribution in [3.05, 3.63) is 29.8 Å². The second-order valence-electron chi connectivity index (χ2n) is 3.63. The van der Waals surface area contributed by atoms with Crippen molar-refractivity contribution in [2.75, 3.05) is 19.6 Å². The van der Waals surface area contributed by atoms with Crippen LogP contribution in [0.2, 0.25) is 0 Å². The number of nitrogens with zero attached hydrogens (tertiary/aromatic N) is 2. The Hall–Kier alpha value is -1.98. The highest BCUT2D eigenvalue weighted by Crippen LogP contribution is 2.08. The maximum atomic E-state index is 13.4. The van der Waals surface area contributed by atoms with Gasteiger partial charge >= 0.3 is 0 Å². The van der Waals surface area contributed by atoms with Crippen LogP contribution in [-0.4, -0.2) is 41.3 Å². The molecule has 0 saturated heterocycles. The molecule has 0 saturated carbocycles. The number of pyridine rings is 1. The molecule has 18 heavy (non-hydrogen) atoms. The summed E-state index contributed by atoms with van der Waals surface area (Å²) < 4.78 is 13.4. The van der Waals surface area contributed by atoms with E-state index in [0.717, 1.165) is 6.20 Å². The van der Waals surface area contributed by atoms with Gasteiger partial charge in [0.1, 0.15) is 0 Å². The molecule has 0 aliphatic carbocycles. The average Bonchev–Trinajstić information content (AvgIpc) is 2.36. The first-order valence-corrected chi connectivity index (χ1v) is 5.75. The standard InChI is InChI=1S/C12H16FN3O2/c1-3-15-11(17)8-16(4-2)12(18)9-5-6-14-7-10(9)13/h5-7H,3-4,8H2,1-2H3,(H,15,17). The van der Waals surface area contributed by atoms with Gasteiger partial charge in [-0.1, -0.05) is 0 Å². The molecule has 0 atom stereocenters. The summed E-state index contributed by atoms with van der Waals surface area (Å²) in [5.74, 6) is -1.46. The number of likely N-dealkylation sites (N-methyl/N-ethyl adjacent to an activating group) is 2. The molecule has 1 rings (SSSR count). The maximum Gasteiger partial charge on any atom is 0.257 e. The molecule has 2 amide bonds. The minimum Gasteiger partial charge on any atom is -0.355 e. The number of carbonyl (C=O) groups is 2. The molecule has 6 heteroatoms. The minimum atomic E-state index is -0.683. The molecule has 0 aliphatic rings. The monoisotopic (exact) mass is 253 g/mol. The van der Waals surface area contributed by atoms with Crippen molar-refractivity contribution in [2.45, 2.75) is 13.8 Å². The fraction of sp³-hybridized carbons (Fsp3) is 0.417. The molecule has 0 radical (unpaired) electrons. The molecule has 0 unspecified atom stereocenters. The number of amides is 2. The van der Waals surface area contributed by atoms with Crippen LogP contribution < -0.4 is 5.32 Å². The predicted molar refractivity (Wildman–Crippen MR) is 64.5 cm³/mol. The molecule has 0 spiro atoms. The quantitative estimate of drug-likeness (QED) is 0.845. The molecule has 1 heterocycles. The van der Waals surface area contributed by atoms with Crippen molar-refractivity contribution in [3.63, 3.8) is 0 Å². The fourth-order valence-electron chi connectivity index (χ4n) is 1.47. The van der Waals surface area contributed by atoms with Crippen molar-refractivity contribution < 1.29 is 14.0 Å². The van der Waals surface area contributed by atoms with Crippen LogP contribution in [-0.2, 0) is 4.79 Å². The summed E-state index contributed by atoms with van der Waals surface area (Å²) >= 11 is 0. The van der Waals surface area contributed by atoms with Gasteiger partial charge in [0.05, 0.1) is 18.3 Å². The van der Waals surface area contributed by atoms with Gasteiger partial charge in [-0.15, -0.1) is 0 Å². The van der Waals surface area contributed by atoms with Crippen LogP contribution in [0.4, 0.5) is 4.39 Å². The summed E-state index contributed by atoms with van der Waals surface area (Å²) in [6.45, 7) is 4.27. The number of halogens is 1. The van der Waals surface area contributed by atoms with Crippen LogP contribution in [0.15, 0.2) is 18.5 Å². The van der Waals surface area contributed by atoms with Crippen molar-refractivity contribution >= 4 is 11.8 Å². The van der Waals surface area contributed by atoms with Gasteiger partial charge in [-0.2, -0.15) is 0 Å². The largest absolute Gasteiger partial charge is 0.355 e. The Morgan fingerprint density at radius 1 is 1.44 bits per heavy atom. The Morgan fingerprint density at radius 3 is 2.72 bits per heavy atom. The summed E-state index contributed by atoms with van der Waals surface area (Å²) in [5.41, 5.74) is -0.0730. The van der Waals surface area contributed by atoms with E-state index in [1.165, 1.54) is 17.2 Å². The van der Waals surface area contributed by atoms with Crippen molar-refractivity contribution in [2.24, 2.45) is 0 Å². The van der Waals surface area contributed by atoms with Crippen LogP contribution in [0.3, 0.4) is 0 Å². The Balaban J connectivity index is 2.80. The molecule has 1 N–H and O–H groups in total. The molecule has 0 aliphatic heterocycles. The first-order chi connectivity index (χ1) is 8.60. The smallest absolute Gasteiger partial charge is 0.257 e. The van der Waals surface area contributed by atoms with E-state index >= 15 is 0 Å². The van der Waals surface area contributed by atoms with Crippen LogP contribution >= 0.6 is 0 Å². The number of hydrogen-bond acceptors (Lipinski definition) is 3. The summed E-state index contributed by atoms with van der Waals surface area (Å²) in [6.07, 6.45) is 2.32. The van der Waals surface area contributed by atoms with Gasteiger partial charge in [0.15, 0.2) is 5.82 Å². The van der Waals surface area contributed by atoms with E-state index in [4.69, 9.17) is 0 Å². The Bertz CT molecular complexity index is 437. The van der Waals surface area contributed by atoms with E-state index in [2.05, 4.69) is 10.3 Å². The Labute approximate surface area is 105 Å². The van der Waals surface area contributed by atoms with E-state index in [1.54, 1.807) is 13.8 Å². The minimum absolute atomic E-state index is 0.0730. The lowest BCUT2D eigenvalue weighted by Gasteiger charge is -2.20. The van der Waals surface area contributed by atoms with Crippen LogP contribution in [0.5, 0.6) is 0 Å². The highest BCUT2D eigenvalue weighted by molar-refractivity contribution is 5.96. The van der Waals surface area contributed by atoms with Gasteiger partial charge in [0.25, 0.3) is 5.91 Å². The lowest BCUT2D eigenvalue weighted by molar-refractivity contribution is -0.121. The van der Waals surface area contributed by atoms with Crippen molar-refractivity contribution in [1.82, 2.24) is 15.2 Å². The number of rotatable bonds is 5. The predicted octanol–water partition coefficient (Wildman–Crippen LogP) is 0.819. The van der Waals surface area contributed by atoms with Crippen LogP contribution in [0, 0.1) is 5.82 Å². The third-order valence-electron chi connectivity index (χ3n) is 2.38. The molecule has 0 fully saturated rings. The second-order valence-corrected chi connectivity index (χ2v) is 3.63. The van der Waals surface area contributed by atoms with Crippen LogP contribution in [0.1, 0.15) is 24.2 Å². The van der Waals surface area contributed by atoms with E-state index in [0.29, 0.717) is 13.1 Å². The van der Waals surface area contributed by atoms with Gasteiger partial charge in [0, 0.05) is 19.3 Å². The highest BCUT2D eigenvalue weighted by atomic mass is 19.1. The molecule has 0 bridgehead atoms. The van der Waals surface area contributed by atoms with Gasteiger partial charge < -0.3 is 10.2 Å². The normalized spacial score (nSPS) is 9.94. The summed E-state index contributed by atoms with van der Waals surface area (Å²) in [5, 5.41) is 2.59. The molecule has 1 aromatic rings. The zero-order chi connectivity index (χ0) is 13.5. The lowest BCUT2D eigenvalue weighted by atomic mass is 10.2. The SMILES string of the molecule is CCNC(=O)CN(CC)C(=O)c1ccncc1F. The fourth-order valence-corrected chi connectivity index (χ4v) is 1.47. The second kappa shape index (κ2) is 6.68. The number of carbonyl (C=O) groups excluding carboxylic acids is 2. The van der Waals surface area contributed by atoms with Crippen molar-refractivity contribution in [1.29, 1.82) is 0 Å². The summed E-state index contributed by atoms with van der Waals surface area (Å²) in [4.78, 5) is 28.3. The summed E-state index contributed by atoms with van der Waals surface area (Å²) in [7, 11) is 0. The third kappa shape index (κ3) is 3.51.